The van der Waals surface area contributed by atoms with E-state index in [9.17, 15) is 9.32 Å². The van der Waals surface area contributed by atoms with Crippen LogP contribution in [0, 0.1) is 5.92 Å². The highest BCUT2D eigenvalue weighted by Crippen LogP contribution is 2.34. The van der Waals surface area contributed by atoms with Gasteiger partial charge in [0.05, 0.1) is 36.8 Å². The Morgan fingerprint density at radius 3 is 2.68 bits per heavy atom. The van der Waals surface area contributed by atoms with Gasteiger partial charge in [-0.15, -0.1) is 6.58 Å². The van der Waals surface area contributed by atoms with E-state index < -0.39 is 23.3 Å². The van der Waals surface area contributed by atoms with Gasteiger partial charge in [-0.25, -0.2) is 4.21 Å². The molecule has 1 fully saturated rings. The van der Waals surface area contributed by atoms with Crippen LogP contribution in [0.5, 0.6) is 0 Å². The SMILES string of the molecule is C=CC[C@@H]1O[C@H](C[C@H](O)CO)[C@H](OC)[C@H]1CS(=O)O. The fourth-order valence-corrected chi connectivity index (χ4v) is 3.24. The van der Waals surface area contributed by atoms with E-state index in [1.807, 2.05) is 0 Å². The summed E-state index contributed by atoms with van der Waals surface area (Å²) in [4.78, 5) is 0. The van der Waals surface area contributed by atoms with Gasteiger partial charge in [0.25, 0.3) is 0 Å². The zero-order valence-corrected chi connectivity index (χ0v) is 11.8. The third-order valence-electron chi connectivity index (χ3n) is 3.34. The summed E-state index contributed by atoms with van der Waals surface area (Å²) in [6, 6.07) is 0. The van der Waals surface area contributed by atoms with Gasteiger partial charge in [-0.1, -0.05) is 6.08 Å². The molecule has 0 radical (unpaired) electrons. The Morgan fingerprint density at radius 2 is 2.21 bits per heavy atom. The van der Waals surface area contributed by atoms with E-state index >= 15 is 0 Å². The highest BCUT2D eigenvalue weighted by molar-refractivity contribution is 7.79. The van der Waals surface area contributed by atoms with Gasteiger partial charge < -0.3 is 24.2 Å². The topological polar surface area (TPSA) is 96.2 Å². The number of rotatable bonds is 8. The summed E-state index contributed by atoms with van der Waals surface area (Å²) in [7, 11) is 1.51. The molecule has 19 heavy (non-hydrogen) atoms. The molecule has 6 atom stereocenters. The van der Waals surface area contributed by atoms with Crippen LogP contribution in [0.4, 0.5) is 0 Å². The second-order valence-corrected chi connectivity index (χ2v) is 5.64. The van der Waals surface area contributed by atoms with Gasteiger partial charge in [0.2, 0.25) is 0 Å². The predicted molar refractivity (Wildman–Crippen MR) is 71.1 cm³/mol. The summed E-state index contributed by atoms with van der Waals surface area (Å²) < 4.78 is 31.2. The molecule has 1 aliphatic heterocycles. The molecule has 1 saturated heterocycles. The Balaban J connectivity index is 2.78. The van der Waals surface area contributed by atoms with Crippen molar-refractivity contribution in [2.24, 2.45) is 5.92 Å². The maximum Gasteiger partial charge on any atom is 0.153 e. The highest BCUT2D eigenvalue weighted by atomic mass is 32.2. The smallest absolute Gasteiger partial charge is 0.153 e. The van der Waals surface area contributed by atoms with E-state index in [4.69, 9.17) is 19.1 Å². The molecule has 1 heterocycles. The Bertz CT molecular complexity index is 311. The first-order valence-electron chi connectivity index (χ1n) is 6.19. The molecule has 6 nitrogen and oxygen atoms in total. The van der Waals surface area contributed by atoms with Gasteiger partial charge in [0.15, 0.2) is 11.1 Å². The van der Waals surface area contributed by atoms with Crippen molar-refractivity contribution in [3.63, 3.8) is 0 Å². The minimum Gasteiger partial charge on any atom is -0.394 e. The molecule has 112 valence electrons. The van der Waals surface area contributed by atoms with Crippen LogP contribution in [0.3, 0.4) is 0 Å². The number of hydrogen-bond acceptors (Lipinski definition) is 5. The number of aliphatic hydroxyl groups excluding tert-OH is 2. The third-order valence-corrected chi connectivity index (χ3v) is 4.01. The molecule has 0 aromatic heterocycles. The number of hydrogen-bond donors (Lipinski definition) is 3. The van der Waals surface area contributed by atoms with Crippen LogP contribution in [0.1, 0.15) is 12.8 Å². The molecule has 1 aliphatic rings. The summed E-state index contributed by atoms with van der Waals surface area (Å²) >= 11 is -1.94. The minimum atomic E-state index is -1.94. The first kappa shape index (κ1) is 16.7. The lowest BCUT2D eigenvalue weighted by Crippen LogP contribution is -2.35. The first-order valence-corrected chi connectivity index (χ1v) is 7.46. The predicted octanol–water partition coefficient (Wildman–Crippen LogP) is -0.0739. The van der Waals surface area contributed by atoms with Crippen molar-refractivity contribution in [1.82, 2.24) is 0 Å². The highest BCUT2D eigenvalue weighted by Gasteiger charge is 2.45. The maximum absolute atomic E-state index is 11.0. The van der Waals surface area contributed by atoms with Crippen molar-refractivity contribution in [2.75, 3.05) is 19.5 Å². The minimum absolute atomic E-state index is 0.0583. The Morgan fingerprint density at radius 1 is 1.53 bits per heavy atom. The molecule has 1 rings (SSSR count). The molecular formula is C12H22O6S. The van der Waals surface area contributed by atoms with Gasteiger partial charge in [-0.2, -0.15) is 0 Å². The van der Waals surface area contributed by atoms with Gasteiger partial charge in [-0.3, -0.25) is 0 Å². The van der Waals surface area contributed by atoms with Crippen molar-refractivity contribution >= 4 is 11.1 Å². The molecule has 3 N–H and O–H groups in total. The second-order valence-electron chi connectivity index (χ2n) is 4.66. The largest absolute Gasteiger partial charge is 0.394 e. The average Bonchev–Trinajstić information content (AvgIpc) is 2.66. The lowest BCUT2D eigenvalue weighted by atomic mass is 9.94. The van der Waals surface area contributed by atoms with Gasteiger partial charge in [0, 0.05) is 19.4 Å². The summed E-state index contributed by atoms with van der Waals surface area (Å²) in [5, 5.41) is 18.4. The van der Waals surface area contributed by atoms with E-state index in [1.165, 1.54) is 7.11 Å². The Labute approximate surface area is 115 Å². The van der Waals surface area contributed by atoms with Crippen LogP contribution >= 0.6 is 0 Å². The standard InChI is InChI=1S/C12H22O6S/c1-3-4-10-9(7-19(15)16)12(17-2)11(18-10)5-8(14)6-13/h3,8-14H,1,4-7H2,2H3,(H,15,16)/t8-,9-,10-,11+,12+/m0/s1. The molecule has 0 amide bonds. The van der Waals surface area contributed by atoms with Crippen LogP contribution in [0.15, 0.2) is 12.7 Å². The second kappa shape index (κ2) is 8.08. The average molecular weight is 294 g/mol. The van der Waals surface area contributed by atoms with E-state index in [2.05, 4.69) is 6.58 Å². The van der Waals surface area contributed by atoms with E-state index in [0.717, 1.165) is 0 Å². The van der Waals surface area contributed by atoms with E-state index in [0.29, 0.717) is 6.42 Å². The zero-order valence-electron chi connectivity index (χ0n) is 11.0. The molecule has 1 unspecified atom stereocenters. The number of ether oxygens (including phenoxy) is 2. The summed E-state index contributed by atoms with van der Waals surface area (Å²) in [5.74, 6) is -0.173. The summed E-state index contributed by atoms with van der Waals surface area (Å²) in [6.45, 7) is 3.29. The van der Waals surface area contributed by atoms with Gasteiger partial charge >= 0.3 is 0 Å². The van der Waals surface area contributed by atoms with Crippen molar-refractivity contribution < 1.29 is 28.4 Å². The fourth-order valence-electron chi connectivity index (χ4n) is 2.51. The molecule has 0 aromatic carbocycles. The van der Waals surface area contributed by atoms with Crippen LogP contribution in [0.2, 0.25) is 0 Å². The maximum atomic E-state index is 11.0. The van der Waals surface area contributed by atoms with Crippen molar-refractivity contribution in [3.05, 3.63) is 12.7 Å². The van der Waals surface area contributed by atoms with Crippen LogP contribution in [-0.2, 0) is 20.6 Å². The first-order chi connectivity index (χ1) is 9.03. The van der Waals surface area contributed by atoms with Crippen molar-refractivity contribution in [2.45, 2.75) is 37.3 Å². The Kier molecular flexibility index (Phi) is 7.12. The molecule has 0 spiro atoms. The van der Waals surface area contributed by atoms with Crippen LogP contribution in [0.25, 0.3) is 0 Å². The van der Waals surface area contributed by atoms with Crippen molar-refractivity contribution in [3.8, 4) is 0 Å². The van der Waals surface area contributed by atoms with Crippen molar-refractivity contribution in [1.29, 1.82) is 0 Å². The normalized spacial score (nSPS) is 34.1. The van der Waals surface area contributed by atoms with Crippen LogP contribution < -0.4 is 0 Å². The quantitative estimate of drug-likeness (QED) is 0.428. The molecule has 0 aliphatic carbocycles. The number of methoxy groups -OCH3 is 1. The molecular weight excluding hydrogens is 272 g/mol. The lowest BCUT2D eigenvalue weighted by Gasteiger charge is -2.22. The van der Waals surface area contributed by atoms with E-state index in [1.54, 1.807) is 6.08 Å². The Hall–Kier alpha value is -0.310. The molecule has 0 saturated carbocycles. The monoisotopic (exact) mass is 294 g/mol. The fraction of sp³-hybridized carbons (Fsp3) is 0.833. The zero-order chi connectivity index (χ0) is 14.4. The third kappa shape index (κ3) is 4.62. The molecule has 7 heteroatoms. The molecule has 0 bridgehead atoms. The molecule has 0 aromatic rings. The summed E-state index contributed by atoms with van der Waals surface area (Å²) in [5.41, 5.74) is 0. The number of aliphatic hydroxyl groups is 2. The van der Waals surface area contributed by atoms with Crippen LogP contribution in [-0.4, -0.2) is 62.9 Å². The summed E-state index contributed by atoms with van der Waals surface area (Å²) in [6.07, 6.45) is 0.563. The lowest BCUT2D eigenvalue weighted by molar-refractivity contribution is -0.0394. The van der Waals surface area contributed by atoms with Gasteiger partial charge in [-0.05, 0) is 6.42 Å². The van der Waals surface area contributed by atoms with E-state index in [-0.39, 0.29) is 36.9 Å². The van der Waals surface area contributed by atoms with Gasteiger partial charge in [0.1, 0.15) is 0 Å².